The normalized spacial score (nSPS) is 25.0. The molecule has 1 N–H and O–H groups in total. The van der Waals surface area contributed by atoms with Crippen molar-refractivity contribution >= 4 is 51.6 Å². The van der Waals surface area contributed by atoms with E-state index in [9.17, 15) is 9.59 Å². The monoisotopic (exact) mass is 438 g/mol. The van der Waals surface area contributed by atoms with E-state index in [2.05, 4.69) is 47.4 Å². The molecule has 2 aromatic carbocycles. The van der Waals surface area contributed by atoms with E-state index >= 15 is 0 Å². The van der Waals surface area contributed by atoms with Gasteiger partial charge in [-0.2, -0.15) is 0 Å². The first-order valence-electron chi connectivity index (χ1n) is 10.2. The van der Waals surface area contributed by atoms with Gasteiger partial charge in [0, 0.05) is 23.3 Å². The highest BCUT2D eigenvalue weighted by Crippen LogP contribution is 2.52. The third kappa shape index (κ3) is 3.30. The van der Waals surface area contributed by atoms with Crippen LogP contribution in [0.1, 0.15) is 36.3 Å². The van der Waals surface area contributed by atoms with Crippen molar-refractivity contribution in [3.63, 3.8) is 0 Å². The minimum Gasteiger partial charge on any atom is -0.480 e. The second kappa shape index (κ2) is 7.71. The van der Waals surface area contributed by atoms with Crippen LogP contribution in [0.15, 0.2) is 48.5 Å². The van der Waals surface area contributed by atoms with Crippen LogP contribution in [0.5, 0.6) is 0 Å². The summed E-state index contributed by atoms with van der Waals surface area (Å²) in [5.41, 5.74) is 4.99. The van der Waals surface area contributed by atoms with Gasteiger partial charge in [-0.05, 0) is 48.6 Å². The van der Waals surface area contributed by atoms with E-state index in [-0.39, 0.29) is 17.7 Å². The molecule has 0 aromatic heterocycles. The van der Waals surface area contributed by atoms with Crippen LogP contribution in [0.25, 0.3) is 0 Å². The lowest BCUT2D eigenvalue weighted by Crippen LogP contribution is -2.36. The fourth-order valence-corrected chi connectivity index (χ4v) is 6.61. The molecule has 0 radical (unpaired) electrons. The Hall–Kier alpha value is -2.38. The van der Waals surface area contributed by atoms with Gasteiger partial charge in [0.1, 0.15) is 10.9 Å². The van der Waals surface area contributed by atoms with E-state index in [4.69, 9.17) is 17.3 Å². The van der Waals surface area contributed by atoms with Crippen molar-refractivity contribution in [3.05, 3.63) is 59.7 Å². The molecule has 0 spiro atoms. The highest BCUT2D eigenvalue weighted by atomic mass is 32.2. The zero-order chi connectivity index (χ0) is 20.8. The summed E-state index contributed by atoms with van der Waals surface area (Å²) < 4.78 is 0.361. The molecule has 2 aliphatic heterocycles. The Kier molecular flexibility index (Phi) is 5.03. The molecule has 7 heteroatoms. The number of anilines is 2. The van der Waals surface area contributed by atoms with Crippen LogP contribution in [0.4, 0.5) is 11.4 Å². The third-order valence-electron chi connectivity index (χ3n) is 6.32. The minimum atomic E-state index is -1.04. The van der Waals surface area contributed by atoms with Crippen molar-refractivity contribution in [3.8, 4) is 0 Å². The lowest BCUT2D eigenvalue weighted by atomic mass is 9.95. The lowest BCUT2D eigenvalue weighted by Gasteiger charge is -2.27. The number of fused-ring (bicyclic) bond motifs is 3. The summed E-state index contributed by atoms with van der Waals surface area (Å²) in [5, 5.41) is 8.68. The number of thioether (sulfide) groups is 1. The molecule has 2 heterocycles. The molecule has 5 nitrogen and oxygen atoms in total. The Balaban J connectivity index is 1.41. The summed E-state index contributed by atoms with van der Waals surface area (Å²) in [6, 6.07) is 17.6. The second-order valence-electron chi connectivity index (χ2n) is 8.10. The number of aliphatic carboxylic acids is 1. The van der Waals surface area contributed by atoms with Crippen LogP contribution >= 0.6 is 24.0 Å². The van der Waals surface area contributed by atoms with E-state index in [0.29, 0.717) is 22.7 Å². The highest BCUT2D eigenvalue weighted by molar-refractivity contribution is 8.24. The Morgan fingerprint density at radius 3 is 2.73 bits per heavy atom. The molecule has 1 saturated heterocycles. The van der Waals surface area contributed by atoms with Crippen molar-refractivity contribution in [2.24, 2.45) is 0 Å². The number of hydrogen-bond donors (Lipinski definition) is 1. The molecule has 3 atom stereocenters. The standard InChI is InChI=1S/C23H22N2O3S2/c26-21(27)13-24-22(28)20(30-23(24)29)12-14-9-10-19-17(11-14)16-7-4-8-18(16)25(19)15-5-2-1-3-6-15/h1-3,5-6,9-11,16,18,20H,4,7-8,12-13H2,(H,26,27). The minimum absolute atomic E-state index is 0.197. The van der Waals surface area contributed by atoms with Gasteiger partial charge in [0.05, 0.1) is 5.25 Å². The van der Waals surface area contributed by atoms with Crippen molar-refractivity contribution in [2.75, 3.05) is 11.4 Å². The number of carboxylic acid groups (broad SMARTS) is 1. The number of amides is 1. The predicted octanol–water partition coefficient (Wildman–Crippen LogP) is 4.33. The average Bonchev–Trinajstić information content (AvgIpc) is 3.38. The van der Waals surface area contributed by atoms with Gasteiger partial charge in [-0.25, -0.2) is 0 Å². The number of carboxylic acids is 1. The first-order chi connectivity index (χ1) is 14.5. The van der Waals surface area contributed by atoms with Crippen molar-refractivity contribution < 1.29 is 14.7 Å². The number of hydrogen-bond acceptors (Lipinski definition) is 5. The Labute approximate surface area is 185 Å². The van der Waals surface area contributed by atoms with Crippen LogP contribution in [0.3, 0.4) is 0 Å². The van der Waals surface area contributed by atoms with E-state index in [1.165, 1.54) is 52.9 Å². The molecule has 3 unspecified atom stereocenters. The van der Waals surface area contributed by atoms with Gasteiger partial charge in [0.2, 0.25) is 5.91 Å². The van der Waals surface area contributed by atoms with Crippen LogP contribution in [-0.4, -0.2) is 44.0 Å². The van der Waals surface area contributed by atoms with Gasteiger partial charge in [0.15, 0.2) is 0 Å². The maximum atomic E-state index is 12.7. The summed E-state index contributed by atoms with van der Waals surface area (Å²) in [6.07, 6.45) is 4.18. The largest absolute Gasteiger partial charge is 0.480 e. The van der Waals surface area contributed by atoms with E-state index in [1.807, 2.05) is 6.07 Å². The van der Waals surface area contributed by atoms with Gasteiger partial charge in [-0.15, -0.1) is 0 Å². The van der Waals surface area contributed by atoms with Crippen molar-refractivity contribution in [1.82, 2.24) is 4.90 Å². The molecule has 1 saturated carbocycles. The number of benzene rings is 2. The molecule has 0 bridgehead atoms. The van der Waals surface area contributed by atoms with E-state index in [0.717, 1.165) is 5.56 Å². The predicted molar refractivity (Wildman–Crippen MR) is 122 cm³/mol. The highest BCUT2D eigenvalue weighted by Gasteiger charge is 2.43. The number of carbonyl (C=O) groups excluding carboxylic acids is 1. The van der Waals surface area contributed by atoms with Crippen LogP contribution < -0.4 is 4.90 Å². The SMILES string of the molecule is O=C(O)CN1C(=O)C(Cc2ccc3c(c2)C2CCCC2N3c2ccccc2)SC1=S. The topological polar surface area (TPSA) is 60.9 Å². The van der Waals surface area contributed by atoms with Gasteiger partial charge < -0.3 is 10.0 Å². The Morgan fingerprint density at radius 2 is 1.97 bits per heavy atom. The van der Waals surface area contributed by atoms with Gasteiger partial charge in [-0.3, -0.25) is 14.5 Å². The fourth-order valence-electron chi connectivity index (χ4n) is 5.08. The number of thiocarbonyl (C=S) groups is 1. The molecule has 3 aliphatic rings. The van der Waals surface area contributed by atoms with Crippen molar-refractivity contribution in [1.29, 1.82) is 0 Å². The van der Waals surface area contributed by atoms with E-state index in [1.54, 1.807) is 0 Å². The first kappa shape index (κ1) is 19.6. The van der Waals surface area contributed by atoms with Crippen LogP contribution in [0, 0.1) is 0 Å². The summed E-state index contributed by atoms with van der Waals surface area (Å²) in [4.78, 5) is 27.4. The molecule has 2 aromatic rings. The zero-order valence-corrected chi connectivity index (χ0v) is 18.0. The molecule has 5 rings (SSSR count). The number of nitrogens with zero attached hydrogens (tertiary/aromatic N) is 2. The first-order valence-corrected chi connectivity index (χ1v) is 11.5. The molecule has 1 aliphatic carbocycles. The van der Waals surface area contributed by atoms with Gasteiger partial charge >= 0.3 is 5.97 Å². The zero-order valence-electron chi connectivity index (χ0n) is 16.4. The smallest absolute Gasteiger partial charge is 0.323 e. The summed E-state index contributed by atoms with van der Waals surface area (Å²) in [7, 11) is 0. The molecular weight excluding hydrogens is 416 g/mol. The Morgan fingerprint density at radius 1 is 1.17 bits per heavy atom. The lowest BCUT2D eigenvalue weighted by molar-refractivity contribution is -0.141. The second-order valence-corrected chi connectivity index (χ2v) is 9.93. The van der Waals surface area contributed by atoms with Crippen LogP contribution in [0.2, 0.25) is 0 Å². The molecule has 30 heavy (non-hydrogen) atoms. The summed E-state index contributed by atoms with van der Waals surface area (Å²) >= 11 is 6.54. The number of para-hydroxylation sites is 1. The number of carbonyl (C=O) groups is 2. The summed E-state index contributed by atoms with van der Waals surface area (Å²) in [5.74, 6) is -0.716. The van der Waals surface area contributed by atoms with Gasteiger partial charge in [0.25, 0.3) is 0 Å². The van der Waals surface area contributed by atoms with Crippen molar-refractivity contribution in [2.45, 2.75) is 42.9 Å². The molecule has 1 amide bonds. The summed E-state index contributed by atoms with van der Waals surface area (Å²) in [6.45, 7) is -0.360. The average molecular weight is 439 g/mol. The maximum Gasteiger partial charge on any atom is 0.323 e. The molecular formula is C23H22N2O3S2. The van der Waals surface area contributed by atoms with E-state index < -0.39 is 5.97 Å². The molecule has 2 fully saturated rings. The van der Waals surface area contributed by atoms with Crippen LogP contribution in [-0.2, 0) is 16.0 Å². The van der Waals surface area contributed by atoms with Gasteiger partial charge in [-0.1, -0.05) is 60.7 Å². The maximum absolute atomic E-state index is 12.7. The molecule has 154 valence electrons. The quantitative estimate of drug-likeness (QED) is 0.701. The third-order valence-corrected chi connectivity index (χ3v) is 7.90. The fraction of sp³-hybridized carbons (Fsp3) is 0.348. The Bertz CT molecular complexity index is 1030. The number of rotatable bonds is 5.